The Morgan fingerprint density at radius 2 is 2.03 bits per heavy atom. The number of hydrogen-bond acceptors (Lipinski definition) is 6. The lowest BCUT2D eigenvalue weighted by atomic mass is 10.2. The fourth-order valence-electron chi connectivity index (χ4n) is 3.00. The molecular formula is C20H18FN5O3S. The van der Waals surface area contributed by atoms with Gasteiger partial charge < -0.3 is 5.32 Å². The van der Waals surface area contributed by atoms with Crippen molar-refractivity contribution >= 4 is 29.0 Å². The zero-order chi connectivity index (χ0) is 21.3. The van der Waals surface area contributed by atoms with Gasteiger partial charge in [0.15, 0.2) is 11.0 Å². The largest absolute Gasteiger partial charge is 0.325 e. The Balaban J connectivity index is 1.53. The summed E-state index contributed by atoms with van der Waals surface area (Å²) in [6.07, 6.45) is 1.89. The van der Waals surface area contributed by atoms with Gasteiger partial charge >= 0.3 is 0 Å². The summed E-state index contributed by atoms with van der Waals surface area (Å²) in [5, 5.41) is 22.0. The molecule has 0 bridgehead atoms. The molecule has 8 nitrogen and oxygen atoms in total. The van der Waals surface area contributed by atoms with Crippen molar-refractivity contribution in [1.82, 2.24) is 14.8 Å². The van der Waals surface area contributed by atoms with E-state index >= 15 is 0 Å². The van der Waals surface area contributed by atoms with Gasteiger partial charge in [-0.25, -0.2) is 4.39 Å². The Hall–Kier alpha value is -3.27. The minimum Gasteiger partial charge on any atom is -0.325 e. The number of nitrogens with one attached hydrogen (secondary N) is 1. The third-order valence-electron chi connectivity index (χ3n) is 4.67. The van der Waals surface area contributed by atoms with E-state index in [9.17, 15) is 19.3 Å². The van der Waals surface area contributed by atoms with Crippen molar-refractivity contribution in [3.63, 3.8) is 0 Å². The van der Waals surface area contributed by atoms with Crippen molar-refractivity contribution in [2.75, 3.05) is 5.32 Å². The minimum absolute atomic E-state index is 0.101. The molecule has 1 aliphatic carbocycles. The van der Waals surface area contributed by atoms with Gasteiger partial charge in [-0.3, -0.25) is 19.5 Å². The predicted octanol–water partition coefficient (Wildman–Crippen LogP) is 4.45. The van der Waals surface area contributed by atoms with Gasteiger partial charge in [0, 0.05) is 23.9 Å². The number of benzene rings is 2. The molecule has 1 amide bonds. The van der Waals surface area contributed by atoms with Crippen LogP contribution >= 0.6 is 11.8 Å². The Labute approximate surface area is 175 Å². The van der Waals surface area contributed by atoms with Crippen LogP contribution in [0.2, 0.25) is 0 Å². The lowest BCUT2D eigenvalue weighted by Gasteiger charge is -2.13. The summed E-state index contributed by atoms with van der Waals surface area (Å²) in [6.45, 7) is 1.71. The van der Waals surface area contributed by atoms with Crippen LogP contribution in [0.5, 0.6) is 0 Å². The third-order valence-corrected chi connectivity index (χ3v) is 5.72. The third kappa shape index (κ3) is 4.18. The van der Waals surface area contributed by atoms with Gasteiger partial charge in [0.2, 0.25) is 5.91 Å². The van der Waals surface area contributed by atoms with Crippen LogP contribution in [0, 0.1) is 15.9 Å². The predicted molar refractivity (Wildman–Crippen MR) is 111 cm³/mol. The number of nitro benzene ring substituents is 1. The lowest BCUT2D eigenvalue weighted by molar-refractivity contribution is -0.384. The molecule has 1 heterocycles. The van der Waals surface area contributed by atoms with Crippen LogP contribution in [0.25, 0.3) is 11.4 Å². The molecule has 1 atom stereocenters. The summed E-state index contributed by atoms with van der Waals surface area (Å²) in [6, 6.07) is 12.3. The highest BCUT2D eigenvalue weighted by molar-refractivity contribution is 8.00. The van der Waals surface area contributed by atoms with Crippen LogP contribution in [0.1, 0.15) is 25.8 Å². The average molecular weight is 427 g/mol. The fraction of sp³-hybridized carbons (Fsp3) is 0.250. The number of nitro groups is 1. The van der Waals surface area contributed by atoms with Crippen molar-refractivity contribution in [3.8, 4) is 11.4 Å². The second-order valence-electron chi connectivity index (χ2n) is 6.94. The second kappa shape index (κ2) is 8.23. The second-order valence-corrected chi connectivity index (χ2v) is 8.25. The zero-order valence-electron chi connectivity index (χ0n) is 16.0. The van der Waals surface area contributed by atoms with E-state index in [-0.39, 0.29) is 23.5 Å². The Morgan fingerprint density at radius 3 is 2.73 bits per heavy atom. The molecule has 10 heteroatoms. The number of thioether (sulfide) groups is 1. The normalized spacial score (nSPS) is 14.3. The van der Waals surface area contributed by atoms with Gasteiger partial charge in [0.25, 0.3) is 5.69 Å². The smallest absolute Gasteiger partial charge is 0.271 e. The molecule has 0 aliphatic heterocycles. The van der Waals surface area contributed by atoms with Crippen LogP contribution in [0.4, 0.5) is 15.8 Å². The first-order chi connectivity index (χ1) is 14.4. The molecule has 1 saturated carbocycles. The first-order valence-corrected chi connectivity index (χ1v) is 10.2. The zero-order valence-corrected chi connectivity index (χ0v) is 16.8. The summed E-state index contributed by atoms with van der Waals surface area (Å²) < 4.78 is 16.2. The van der Waals surface area contributed by atoms with E-state index < -0.39 is 10.2 Å². The summed E-state index contributed by atoms with van der Waals surface area (Å²) in [4.78, 5) is 23.0. The average Bonchev–Trinajstić information content (AvgIpc) is 3.49. The highest BCUT2D eigenvalue weighted by Crippen LogP contribution is 2.42. The lowest BCUT2D eigenvalue weighted by Crippen LogP contribution is -2.23. The number of halogens is 1. The molecule has 3 aromatic rings. The molecule has 1 fully saturated rings. The van der Waals surface area contributed by atoms with Crippen LogP contribution in [0.3, 0.4) is 0 Å². The van der Waals surface area contributed by atoms with Crippen LogP contribution in [-0.2, 0) is 4.79 Å². The quantitative estimate of drug-likeness (QED) is 0.340. The number of carbonyl (C=O) groups is 1. The standard InChI is InChI=1S/C20H18FN5O3S/c1-12(19(27)22-13-5-4-6-15(11-13)26(28)29)30-20-24-23-18(25(20)14-9-10-14)16-7-2-3-8-17(16)21/h2-8,11-12,14H,9-10H2,1H3,(H,22,27). The van der Waals surface area contributed by atoms with E-state index in [1.54, 1.807) is 31.2 Å². The summed E-state index contributed by atoms with van der Waals surface area (Å²) in [5.41, 5.74) is 0.617. The first kappa shape index (κ1) is 20.0. The fourth-order valence-corrected chi connectivity index (χ4v) is 3.92. The van der Waals surface area contributed by atoms with Crippen LogP contribution < -0.4 is 5.32 Å². The van der Waals surface area contributed by atoms with E-state index in [4.69, 9.17) is 0 Å². The molecule has 0 radical (unpaired) electrons. The maximum Gasteiger partial charge on any atom is 0.271 e. The SMILES string of the molecule is CC(Sc1nnc(-c2ccccc2F)n1C1CC1)C(=O)Nc1cccc([N+](=O)[O-])c1. The van der Waals surface area contributed by atoms with Crippen molar-refractivity contribution in [1.29, 1.82) is 0 Å². The number of anilines is 1. The molecule has 0 saturated heterocycles. The summed E-state index contributed by atoms with van der Waals surface area (Å²) in [5.74, 6) is -0.248. The minimum atomic E-state index is -0.542. The Kier molecular flexibility index (Phi) is 5.49. The van der Waals surface area contributed by atoms with Crippen LogP contribution in [-0.4, -0.2) is 30.8 Å². The van der Waals surface area contributed by atoms with Crippen molar-refractivity contribution in [3.05, 3.63) is 64.5 Å². The van der Waals surface area contributed by atoms with Gasteiger partial charge in [0.1, 0.15) is 5.82 Å². The highest BCUT2D eigenvalue weighted by atomic mass is 32.2. The highest BCUT2D eigenvalue weighted by Gasteiger charge is 2.32. The van der Waals surface area contributed by atoms with Gasteiger partial charge in [-0.05, 0) is 38.0 Å². The van der Waals surface area contributed by atoms with E-state index in [0.717, 1.165) is 12.8 Å². The Morgan fingerprint density at radius 1 is 1.27 bits per heavy atom. The molecule has 1 aliphatic rings. The molecule has 0 spiro atoms. The number of non-ortho nitro benzene ring substituents is 1. The summed E-state index contributed by atoms with van der Waals surface area (Å²) >= 11 is 1.22. The number of amides is 1. The molecule has 4 rings (SSSR count). The maximum atomic E-state index is 14.3. The van der Waals surface area contributed by atoms with Gasteiger partial charge in [-0.2, -0.15) is 0 Å². The number of carbonyl (C=O) groups excluding carboxylic acids is 1. The molecular weight excluding hydrogens is 409 g/mol. The number of nitrogens with zero attached hydrogens (tertiary/aromatic N) is 4. The van der Waals surface area contributed by atoms with Crippen LogP contribution in [0.15, 0.2) is 53.7 Å². The van der Waals surface area contributed by atoms with Gasteiger partial charge in [0.05, 0.1) is 15.7 Å². The molecule has 1 N–H and O–H groups in total. The molecule has 154 valence electrons. The van der Waals surface area contributed by atoms with E-state index in [0.29, 0.717) is 22.2 Å². The number of rotatable bonds is 7. The van der Waals surface area contributed by atoms with Crippen molar-refractivity contribution in [2.24, 2.45) is 0 Å². The molecule has 2 aromatic carbocycles. The summed E-state index contributed by atoms with van der Waals surface area (Å²) in [7, 11) is 0. The molecule has 1 unspecified atom stereocenters. The first-order valence-electron chi connectivity index (χ1n) is 9.36. The topological polar surface area (TPSA) is 103 Å². The van der Waals surface area contributed by atoms with E-state index in [2.05, 4.69) is 15.5 Å². The van der Waals surface area contributed by atoms with Gasteiger partial charge in [-0.15, -0.1) is 10.2 Å². The van der Waals surface area contributed by atoms with E-state index in [1.165, 1.54) is 36.0 Å². The molecule has 1 aromatic heterocycles. The number of aromatic nitrogens is 3. The van der Waals surface area contributed by atoms with Crippen molar-refractivity contribution < 1.29 is 14.1 Å². The Bertz CT molecular complexity index is 1120. The number of hydrogen-bond donors (Lipinski definition) is 1. The molecule has 30 heavy (non-hydrogen) atoms. The van der Waals surface area contributed by atoms with Gasteiger partial charge in [-0.1, -0.05) is 30.0 Å². The maximum absolute atomic E-state index is 14.3. The van der Waals surface area contributed by atoms with E-state index in [1.807, 2.05) is 4.57 Å². The monoisotopic (exact) mass is 427 g/mol. The van der Waals surface area contributed by atoms with Crippen molar-refractivity contribution in [2.45, 2.75) is 36.2 Å².